The Balaban J connectivity index is 1.86. The number of hydrogen-bond donors (Lipinski definition) is 0. The molecule has 5 heteroatoms. The molecule has 1 aliphatic heterocycles. The fourth-order valence-electron chi connectivity index (χ4n) is 3.42. The second-order valence-electron chi connectivity index (χ2n) is 6.38. The molecule has 0 radical (unpaired) electrons. The fourth-order valence-corrected chi connectivity index (χ4v) is 4.30. The summed E-state index contributed by atoms with van der Waals surface area (Å²) in [5.74, 6) is 0.177. The van der Waals surface area contributed by atoms with Crippen LogP contribution in [-0.2, 0) is 6.42 Å². The lowest BCUT2D eigenvalue weighted by atomic mass is 10.0. The summed E-state index contributed by atoms with van der Waals surface area (Å²) in [5.41, 5.74) is 2.26. The van der Waals surface area contributed by atoms with E-state index in [0.717, 1.165) is 29.8 Å². The number of aryl methyl sites for hydroxylation is 1. The maximum atomic E-state index is 13.0. The molecule has 1 aliphatic rings. The number of carbonyl (C=O) groups excluding carboxylic acids is 1. The SMILES string of the molecule is Cc1ccsc1C(=O)N1CC[C@@H](N(C)C)[C@@H]1Cc1cccnc1. The first kappa shape index (κ1) is 16.1. The smallest absolute Gasteiger partial charge is 0.264 e. The molecule has 3 heterocycles. The van der Waals surface area contributed by atoms with Crippen molar-refractivity contribution >= 4 is 17.2 Å². The zero-order valence-electron chi connectivity index (χ0n) is 13.9. The van der Waals surface area contributed by atoms with Crippen molar-refractivity contribution < 1.29 is 4.79 Å². The lowest BCUT2D eigenvalue weighted by Crippen LogP contribution is -2.45. The number of likely N-dealkylation sites (N-methyl/N-ethyl adjacent to an activating group) is 1. The van der Waals surface area contributed by atoms with Crippen molar-refractivity contribution in [2.45, 2.75) is 31.8 Å². The summed E-state index contributed by atoms with van der Waals surface area (Å²) in [6.07, 6.45) is 5.57. The van der Waals surface area contributed by atoms with Gasteiger partial charge in [-0.1, -0.05) is 6.07 Å². The fraction of sp³-hybridized carbons (Fsp3) is 0.444. The third kappa shape index (κ3) is 3.31. The van der Waals surface area contributed by atoms with E-state index < -0.39 is 0 Å². The number of aromatic nitrogens is 1. The number of hydrogen-bond acceptors (Lipinski definition) is 4. The Bertz CT molecular complexity index is 668. The van der Waals surface area contributed by atoms with Crippen LogP contribution in [0.1, 0.15) is 27.2 Å². The average molecular weight is 329 g/mol. The van der Waals surface area contributed by atoms with Gasteiger partial charge in [0.25, 0.3) is 5.91 Å². The van der Waals surface area contributed by atoms with Crippen LogP contribution in [0.5, 0.6) is 0 Å². The molecule has 0 spiro atoms. The second-order valence-corrected chi connectivity index (χ2v) is 7.30. The highest BCUT2D eigenvalue weighted by Crippen LogP contribution is 2.28. The molecule has 1 saturated heterocycles. The number of thiophene rings is 1. The highest BCUT2D eigenvalue weighted by molar-refractivity contribution is 7.12. The molecule has 1 fully saturated rings. The van der Waals surface area contributed by atoms with Gasteiger partial charge in [0.1, 0.15) is 0 Å². The van der Waals surface area contributed by atoms with E-state index in [4.69, 9.17) is 0 Å². The van der Waals surface area contributed by atoms with Gasteiger partial charge in [0.15, 0.2) is 0 Å². The molecule has 122 valence electrons. The van der Waals surface area contributed by atoms with Crippen molar-refractivity contribution in [1.82, 2.24) is 14.8 Å². The molecule has 0 unspecified atom stereocenters. The molecule has 2 atom stereocenters. The van der Waals surface area contributed by atoms with Gasteiger partial charge >= 0.3 is 0 Å². The average Bonchev–Trinajstić information content (AvgIpc) is 3.14. The van der Waals surface area contributed by atoms with E-state index in [1.54, 1.807) is 17.5 Å². The minimum Gasteiger partial charge on any atom is -0.333 e. The van der Waals surface area contributed by atoms with Gasteiger partial charge in [-0.05, 0) is 62.5 Å². The highest BCUT2D eigenvalue weighted by atomic mass is 32.1. The van der Waals surface area contributed by atoms with Crippen LogP contribution in [0.15, 0.2) is 36.0 Å². The minimum absolute atomic E-state index is 0.177. The zero-order valence-corrected chi connectivity index (χ0v) is 14.7. The quantitative estimate of drug-likeness (QED) is 0.865. The number of nitrogens with zero attached hydrogens (tertiary/aromatic N) is 3. The summed E-state index contributed by atoms with van der Waals surface area (Å²) < 4.78 is 0. The molecule has 0 N–H and O–H groups in total. The molecular weight excluding hydrogens is 306 g/mol. The molecular formula is C18H23N3OS. The van der Waals surface area contributed by atoms with Crippen LogP contribution in [-0.4, -0.2) is 53.4 Å². The van der Waals surface area contributed by atoms with Crippen molar-refractivity contribution in [2.75, 3.05) is 20.6 Å². The normalized spacial score (nSPS) is 21.1. The number of likely N-dealkylation sites (tertiary alicyclic amines) is 1. The van der Waals surface area contributed by atoms with Crippen LogP contribution in [0.25, 0.3) is 0 Å². The van der Waals surface area contributed by atoms with Crippen molar-refractivity contribution in [1.29, 1.82) is 0 Å². The summed E-state index contributed by atoms with van der Waals surface area (Å²) in [4.78, 5) is 22.4. The summed E-state index contributed by atoms with van der Waals surface area (Å²) in [6.45, 7) is 2.84. The lowest BCUT2D eigenvalue weighted by Gasteiger charge is -2.31. The van der Waals surface area contributed by atoms with Gasteiger partial charge in [0.2, 0.25) is 0 Å². The molecule has 1 amide bonds. The maximum absolute atomic E-state index is 13.0. The Hall–Kier alpha value is -1.72. The molecule has 2 aromatic heterocycles. The van der Waals surface area contributed by atoms with Crippen LogP contribution in [0.4, 0.5) is 0 Å². The number of amides is 1. The van der Waals surface area contributed by atoms with E-state index in [2.05, 4.69) is 34.9 Å². The van der Waals surface area contributed by atoms with Crippen LogP contribution < -0.4 is 0 Å². The molecule has 2 aromatic rings. The standard InChI is InChI=1S/C18H23N3OS/c1-13-7-10-23-17(13)18(22)21-9-6-15(20(2)3)16(21)11-14-5-4-8-19-12-14/h4-5,7-8,10,12,15-16H,6,9,11H2,1-3H3/t15-,16+/m1/s1. The molecule has 0 saturated carbocycles. The van der Waals surface area contributed by atoms with Crippen LogP contribution in [0, 0.1) is 6.92 Å². The van der Waals surface area contributed by atoms with E-state index in [1.807, 2.05) is 30.6 Å². The summed E-state index contributed by atoms with van der Waals surface area (Å²) in [6, 6.07) is 6.66. The Labute approximate surface area is 141 Å². The van der Waals surface area contributed by atoms with Crippen molar-refractivity contribution in [3.05, 3.63) is 52.0 Å². The number of pyridine rings is 1. The second kappa shape index (κ2) is 6.81. The first-order chi connectivity index (χ1) is 11.1. The van der Waals surface area contributed by atoms with Gasteiger partial charge in [0.05, 0.1) is 10.9 Å². The predicted octanol–water partition coefficient (Wildman–Crippen LogP) is 2.84. The molecule has 0 aromatic carbocycles. The maximum Gasteiger partial charge on any atom is 0.264 e. The predicted molar refractivity (Wildman–Crippen MR) is 93.9 cm³/mol. The van der Waals surface area contributed by atoms with Crippen LogP contribution in [0.3, 0.4) is 0 Å². The topological polar surface area (TPSA) is 36.4 Å². The lowest BCUT2D eigenvalue weighted by molar-refractivity contribution is 0.0709. The van der Waals surface area contributed by atoms with Gasteiger partial charge in [-0.25, -0.2) is 0 Å². The third-order valence-electron chi connectivity index (χ3n) is 4.66. The first-order valence-corrected chi connectivity index (χ1v) is 8.86. The molecule has 0 bridgehead atoms. The summed E-state index contributed by atoms with van der Waals surface area (Å²) >= 11 is 1.55. The van der Waals surface area contributed by atoms with Gasteiger partial charge in [0, 0.05) is 25.0 Å². The summed E-state index contributed by atoms with van der Waals surface area (Å²) in [7, 11) is 4.20. The third-order valence-corrected chi connectivity index (χ3v) is 5.66. The van der Waals surface area contributed by atoms with Crippen molar-refractivity contribution in [3.8, 4) is 0 Å². The van der Waals surface area contributed by atoms with Gasteiger partial charge < -0.3 is 9.80 Å². The Morgan fingerprint density at radius 3 is 2.87 bits per heavy atom. The molecule has 0 aliphatic carbocycles. The van der Waals surface area contributed by atoms with E-state index in [-0.39, 0.29) is 11.9 Å². The van der Waals surface area contributed by atoms with Crippen LogP contribution >= 0.6 is 11.3 Å². The minimum atomic E-state index is 0.177. The summed E-state index contributed by atoms with van der Waals surface area (Å²) in [5, 5.41) is 2.00. The van der Waals surface area contributed by atoms with Crippen molar-refractivity contribution in [3.63, 3.8) is 0 Å². The number of carbonyl (C=O) groups is 1. The monoisotopic (exact) mass is 329 g/mol. The molecule has 3 rings (SSSR count). The van der Waals surface area contributed by atoms with Gasteiger partial charge in [-0.3, -0.25) is 9.78 Å². The Kier molecular flexibility index (Phi) is 4.78. The van der Waals surface area contributed by atoms with E-state index in [1.165, 1.54) is 5.56 Å². The molecule has 23 heavy (non-hydrogen) atoms. The first-order valence-electron chi connectivity index (χ1n) is 7.98. The highest BCUT2D eigenvalue weighted by Gasteiger charge is 2.39. The molecule has 4 nitrogen and oxygen atoms in total. The van der Waals surface area contributed by atoms with E-state index in [9.17, 15) is 4.79 Å². The van der Waals surface area contributed by atoms with Crippen molar-refractivity contribution in [2.24, 2.45) is 0 Å². The Morgan fingerprint density at radius 2 is 2.26 bits per heavy atom. The largest absolute Gasteiger partial charge is 0.333 e. The van der Waals surface area contributed by atoms with Crippen LogP contribution in [0.2, 0.25) is 0 Å². The van der Waals surface area contributed by atoms with E-state index in [0.29, 0.717) is 6.04 Å². The van der Waals surface area contributed by atoms with E-state index >= 15 is 0 Å². The number of rotatable bonds is 4. The Morgan fingerprint density at radius 1 is 1.43 bits per heavy atom. The van der Waals surface area contributed by atoms with Gasteiger partial charge in [-0.2, -0.15) is 0 Å². The zero-order chi connectivity index (χ0) is 16.4. The van der Waals surface area contributed by atoms with Gasteiger partial charge in [-0.15, -0.1) is 11.3 Å².